The zero-order valence-electron chi connectivity index (χ0n) is 14.5. The Labute approximate surface area is 147 Å². The number of para-hydroxylation sites is 2. The van der Waals surface area contributed by atoms with Gasteiger partial charge in [-0.3, -0.25) is 4.79 Å². The number of imidazole rings is 1. The summed E-state index contributed by atoms with van der Waals surface area (Å²) in [6.45, 7) is 6.52. The van der Waals surface area contributed by atoms with E-state index in [1.165, 1.54) is 17.3 Å². The van der Waals surface area contributed by atoms with E-state index >= 15 is 0 Å². The Morgan fingerprint density at radius 2 is 1.75 bits per heavy atom. The highest BCUT2D eigenvalue weighted by atomic mass is 32.2. The largest absolute Gasteiger partial charge is 0.322 e. The first-order valence-electron chi connectivity index (χ1n) is 8.04. The number of aromatic nitrogens is 2. The van der Waals surface area contributed by atoms with Gasteiger partial charge in [-0.25, -0.2) is 4.98 Å². The SMILES string of the molecule is Cn1c(SCC(=O)c2ccc(C(C)(C)C)cc2)nc2ccccc21. The molecular weight excluding hydrogens is 316 g/mol. The van der Waals surface area contributed by atoms with Gasteiger partial charge in [0.2, 0.25) is 0 Å². The number of nitrogens with zero attached hydrogens (tertiary/aromatic N) is 2. The van der Waals surface area contributed by atoms with Crippen LogP contribution in [-0.4, -0.2) is 21.1 Å². The predicted octanol–water partition coefficient (Wildman–Crippen LogP) is 4.85. The molecule has 0 saturated heterocycles. The number of hydrogen-bond donors (Lipinski definition) is 0. The minimum atomic E-state index is 0.101. The molecule has 0 bridgehead atoms. The highest BCUT2D eigenvalue weighted by Crippen LogP contribution is 2.25. The van der Waals surface area contributed by atoms with Crippen molar-refractivity contribution in [1.29, 1.82) is 0 Å². The second-order valence-corrected chi connectivity index (χ2v) is 7.92. The molecule has 0 radical (unpaired) electrons. The number of rotatable bonds is 4. The first-order chi connectivity index (χ1) is 11.4. The summed E-state index contributed by atoms with van der Waals surface area (Å²) in [5, 5.41) is 0.871. The van der Waals surface area contributed by atoms with Crippen LogP contribution >= 0.6 is 11.8 Å². The van der Waals surface area contributed by atoms with Crippen molar-refractivity contribution in [3.8, 4) is 0 Å². The van der Waals surface area contributed by atoms with Crippen LogP contribution in [0.4, 0.5) is 0 Å². The van der Waals surface area contributed by atoms with Gasteiger partial charge in [-0.2, -0.15) is 0 Å². The van der Waals surface area contributed by atoms with Crippen molar-refractivity contribution in [1.82, 2.24) is 9.55 Å². The molecule has 24 heavy (non-hydrogen) atoms. The van der Waals surface area contributed by atoms with Crippen molar-refractivity contribution in [2.75, 3.05) is 5.75 Å². The molecule has 2 aromatic carbocycles. The third-order valence-electron chi connectivity index (χ3n) is 4.15. The normalized spacial score (nSPS) is 11.8. The molecule has 3 nitrogen and oxygen atoms in total. The number of fused-ring (bicyclic) bond motifs is 1. The molecule has 0 aliphatic heterocycles. The molecule has 4 heteroatoms. The zero-order valence-corrected chi connectivity index (χ0v) is 15.4. The molecule has 3 aromatic rings. The number of benzene rings is 2. The van der Waals surface area contributed by atoms with E-state index in [0.29, 0.717) is 5.75 Å². The highest BCUT2D eigenvalue weighted by molar-refractivity contribution is 7.99. The van der Waals surface area contributed by atoms with E-state index in [2.05, 4.69) is 25.8 Å². The fourth-order valence-corrected chi connectivity index (χ4v) is 3.50. The highest BCUT2D eigenvalue weighted by Gasteiger charge is 2.15. The monoisotopic (exact) mass is 338 g/mol. The fourth-order valence-electron chi connectivity index (χ4n) is 2.62. The number of ketones is 1. The topological polar surface area (TPSA) is 34.9 Å². The molecule has 0 amide bonds. The second-order valence-electron chi connectivity index (χ2n) is 6.98. The maximum atomic E-state index is 12.4. The van der Waals surface area contributed by atoms with Gasteiger partial charge in [-0.15, -0.1) is 0 Å². The van der Waals surface area contributed by atoms with Gasteiger partial charge in [0.15, 0.2) is 10.9 Å². The summed E-state index contributed by atoms with van der Waals surface area (Å²) in [6, 6.07) is 16.0. The molecular formula is C20H22N2OS. The lowest BCUT2D eigenvalue weighted by molar-refractivity contribution is 0.102. The number of carbonyl (C=O) groups excluding carboxylic acids is 1. The molecule has 3 rings (SSSR count). The van der Waals surface area contributed by atoms with Crippen molar-refractivity contribution in [3.63, 3.8) is 0 Å². The molecule has 0 unspecified atom stereocenters. The van der Waals surface area contributed by atoms with Crippen LogP contribution in [0.15, 0.2) is 53.7 Å². The van der Waals surface area contributed by atoms with Gasteiger partial charge >= 0.3 is 0 Å². The Hall–Kier alpha value is -2.07. The van der Waals surface area contributed by atoms with Crippen LogP contribution in [0.2, 0.25) is 0 Å². The maximum Gasteiger partial charge on any atom is 0.173 e. The minimum Gasteiger partial charge on any atom is -0.322 e. The Kier molecular flexibility index (Phi) is 4.50. The molecule has 1 heterocycles. The molecule has 1 aromatic heterocycles. The van der Waals surface area contributed by atoms with Crippen LogP contribution < -0.4 is 0 Å². The van der Waals surface area contributed by atoms with Crippen LogP contribution in [0.25, 0.3) is 11.0 Å². The van der Waals surface area contributed by atoms with E-state index < -0.39 is 0 Å². The van der Waals surface area contributed by atoms with Crippen molar-refractivity contribution in [2.24, 2.45) is 7.05 Å². The van der Waals surface area contributed by atoms with Crippen molar-refractivity contribution < 1.29 is 4.79 Å². The van der Waals surface area contributed by atoms with E-state index in [-0.39, 0.29) is 11.2 Å². The number of thioether (sulfide) groups is 1. The van der Waals surface area contributed by atoms with E-state index in [1.54, 1.807) is 0 Å². The Bertz CT molecular complexity index is 873. The summed E-state index contributed by atoms with van der Waals surface area (Å²) in [7, 11) is 1.99. The van der Waals surface area contributed by atoms with Crippen LogP contribution in [0.5, 0.6) is 0 Å². The van der Waals surface area contributed by atoms with E-state index in [4.69, 9.17) is 0 Å². The fraction of sp³-hybridized carbons (Fsp3) is 0.300. The van der Waals surface area contributed by atoms with Crippen LogP contribution in [0.3, 0.4) is 0 Å². The lowest BCUT2D eigenvalue weighted by atomic mass is 9.86. The molecule has 0 N–H and O–H groups in total. The first-order valence-corrected chi connectivity index (χ1v) is 9.03. The van der Waals surface area contributed by atoms with Crippen molar-refractivity contribution in [3.05, 3.63) is 59.7 Å². The molecule has 0 aliphatic carbocycles. The summed E-state index contributed by atoms with van der Waals surface area (Å²) in [5.74, 6) is 0.527. The van der Waals surface area contributed by atoms with E-state index in [0.717, 1.165) is 21.8 Å². The van der Waals surface area contributed by atoms with Crippen molar-refractivity contribution >= 4 is 28.6 Å². The average Bonchev–Trinajstić information content (AvgIpc) is 2.88. The summed E-state index contributed by atoms with van der Waals surface area (Å²) in [6.07, 6.45) is 0. The van der Waals surface area contributed by atoms with E-state index in [9.17, 15) is 4.79 Å². The third kappa shape index (κ3) is 3.39. The lowest BCUT2D eigenvalue weighted by Gasteiger charge is -2.18. The Balaban J connectivity index is 1.72. The van der Waals surface area contributed by atoms with Gasteiger partial charge in [0, 0.05) is 12.6 Å². The number of hydrogen-bond acceptors (Lipinski definition) is 3. The molecule has 0 atom stereocenters. The number of aryl methyl sites for hydroxylation is 1. The smallest absolute Gasteiger partial charge is 0.173 e. The van der Waals surface area contributed by atoms with Gasteiger partial charge in [-0.1, -0.05) is 68.9 Å². The molecule has 0 aliphatic rings. The quantitative estimate of drug-likeness (QED) is 0.504. The average molecular weight is 338 g/mol. The summed E-state index contributed by atoms with van der Waals surface area (Å²) >= 11 is 1.49. The molecule has 124 valence electrons. The number of Topliss-reactive ketones (excluding diaryl/α,β-unsaturated/α-hetero) is 1. The van der Waals surface area contributed by atoms with Gasteiger partial charge in [-0.05, 0) is 23.1 Å². The van der Waals surface area contributed by atoms with Gasteiger partial charge in [0.1, 0.15) is 0 Å². The first kappa shape index (κ1) is 16.8. The standard InChI is InChI=1S/C20H22N2OS/c1-20(2,3)15-11-9-14(10-12-15)18(23)13-24-19-21-16-7-5-6-8-17(16)22(19)4/h5-12H,13H2,1-4H3. The molecule has 0 saturated carbocycles. The zero-order chi connectivity index (χ0) is 17.3. The summed E-state index contributed by atoms with van der Waals surface area (Å²) in [4.78, 5) is 17.0. The second kappa shape index (κ2) is 6.44. The third-order valence-corrected chi connectivity index (χ3v) is 5.18. The van der Waals surface area contributed by atoms with Crippen molar-refractivity contribution in [2.45, 2.75) is 31.3 Å². The summed E-state index contributed by atoms with van der Waals surface area (Å²) < 4.78 is 2.04. The molecule has 0 spiro atoms. The summed E-state index contributed by atoms with van der Waals surface area (Å²) in [5.41, 5.74) is 4.14. The maximum absolute atomic E-state index is 12.4. The van der Waals surface area contributed by atoms with Gasteiger partial charge in [0.05, 0.1) is 16.8 Å². The molecule has 0 fully saturated rings. The van der Waals surface area contributed by atoms with Gasteiger partial charge in [0.25, 0.3) is 0 Å². The number of carbonyl (C=O) groups is 1. The van der Waals surface area contributed by atoms with Crippen LogP contribution in [-0.2, 0) is 12.5 Å². The van der Waals surface area contributed by atoms with Gasteiger partial charge < -0.3 is 4.57 Å². The Morgan fingerprint density at radius 3 is 2.38 bits per heavy atom. The van der Waals surface area contributed by atoms with Crippen LogP contribution in [0.1, 0.15) is 36.7 Å². The Morgan fingerprint density at radius 1 is 1.08 bits per heavy atom. The van der Waals surface area contributed by atoms with E-state index in [1.807, 2.05) is 60.1 Å². The van der Waals surface area contributed by atoms with Crippen LogP contribution in [0, 0.1) is 0 Å². The lowest BCUT2D eigenvalue weighted by Crippen LogP contribution is -2.11. The predicted molar refractivity (Wildman–Crippen MR) is 101 cm³/mol. The minimum absolute atomic E-state index is 0.101.